The van der Waals surface area contributed by atoms with Crippen LogP contribution in [0.4, 0.5) is 0 Å². The molecule has 0 aliphatic carbocycles. The molecule has 0 aromatic heterocycles. The highest BCUT2D eigenvalue weighted by Gasteiger charge is 2.31. The van der Waals surface area contributed by atoms with Crippen molar-refractivity contribution in [3.05, 3.63) is 0 Å². The van der Waals surface area contributed by atoms with Gasteiger partial charge in [-0.05, 0) is 26.3 Å². The standard InChI is InChI=1S/C11H20N2O4.ClH/c1-2-17-7-5-12-10(14)8-13-6-3-4-9(13)11(15)16;/h9H,2-8H2,1H3,(H,12,14)(H,15,16);1H. The average Bonchev–Trinajstić information content (AvgIpc) is 2.72. The number of nitrogens with zero attached hydrogens (tertiary/aromatic N) is 1. The van der Waals surface area contributed by atoms with E-state index in [-0.39, 0.29) is 24.9 Å². The Balaban J connectivity index is 0.00000289. The summed E-state index contributed by atoms with van der Waals surface area (Å²) >= 11 is 0. The van der Waals surface area contributed by atoms with Gasteiger partial charge in [-0.3, -0.25) is 14.5 Å². The van der Waals surface area contributed by atoms with E-state index in [0.717, 1.165) is 6.42 Å². The Morgan fingerprint density at radius 2 is 2.22 bits per heavy atom. The van der Waals surface area contributed by atoms with Gasteiger partial charge in [0.2, 0.25) is 5.91 Å². The highest BCUT2D eigenvalue weighted by molar-refractivity contribution is 5.85. The molecule has 1 saturated heterocycles. The highest BCUT2D eigenvalue weighted by Crippen LogP contribution is 2.16. The molecule has 1 aliphatic rings. The fourth-order valence-corrected chi connectivity index (χ4v) is 1.94. The highest BCUT2D eigenvalue weighted by atomic mass is 35.5. The van der Waals surface area contributed by atoms with Crippen LogP contribution in [-0.4, -0.2) is 60.8 Å². The maximum atomic E-state index is 11.5. The first-order valence-corrected chi connectivity index (χ1v) is 5.96. The second-order valence-electron chi connectivity index (χ2n) is 4.01. The zero-order chi connectivity index (χ0) is 12.7. The minimum atomic E-state index is -0.843. The zero-order valence-corrected chi connectivity index (χ0v) is 11.4. The SMILES string of the molecule is CCOCCNC(=O)CN1CCCC1C(=O)O.Cl. The molecule has 6 nitrogen and oxygen atoms in total. The second kappa shape index (κ2) is 9.13. The lowest BCUT2D eigenvalue weighted by molar-refractivity contribution is -0.142. The molecule has 0 aromatic carbocycles. The van der Waals surface area contributed by atoms with Crippen molar-refractivity contribution < 1.29 is 19.4 Å². The van der Waals surface area contributed by atoms with Crippen LogP contribution in [0.1, 0.15) is 19.8 Å². The molecule has 18 heavy (non-hydrogen) atoms. The van der Waals surface area contributed by atoms with Crippen molar-refractivity contribution in [1.82, 2.24) is 10.2 Å². The molecule has 1 heterocycles. The van der Waals surface area contributed by atoms with Crippen molar-refractivity contribution in [2.24, 2.45) is 0 Å². The van der Waals surface area contributed by atoms with Gasteiger partial charge in [0, 0.05) is 13.2 Å². The van der Waals surface area contributed by atoms with Crippen molar-refractivity contribution in [3.8, 4) is 0 Å². The third-order valence-corrected chi connectivity index (χ3v) is 2.77. The summed E-state index contributed by atoms with van der Waals surface area (Å²) in [5.74, 6) is -0.984. The van der Waals surface area contributed by atoms with Gasteiger partial charge in [-0.2, -0.15) is 0 Å². The summed E-state index contributed by atoms with van der Waals surface area (Å²) in [5.41, 5.74) is 0. The van der Waals surface area contributed by atoms with Gasteiger partial charge in [0.15, 0.2) is 0 Å². The number of nitrogens with one attached hydrogen (secondary N) is 1. The lowest BCUT2D eigenvalue weighted by Crippen LogP contribution is -2.43. The molecule has 0 radical (unpaired) electrons. The van der Waals surface area contributed by atoms with Crippen LogP contribution in [-0.2, 0) is 14.3 Å². The molecule has 1 amide bonds. The number of hydrogen-bond donors (Lipinski definition) is 2. The number of likely N-dealkylation sites (tertiary alicyclic amines) is 1. The largest absolute Gasteiger partial charge is 0.480 e. The van der Waals surface area contributed by atoms with E-state index in [1.54, 1.807) is 4.90 Å². The molecule has 1 atom stereocenters. The van der Waals surface area contributed by atoms with Gasteiger partial charge in [0.05, 0.1) is 13.2 Å². The van der Waals surface area contributed by atoms with Crippen LogP contribution in [0.5, 0.6) is 0 Å². The number of hydrogen-bond acceptors (Lipinski definition) is 4. The number of carbonyl (C=O) groups is 2. The predicted molar refractivity (Wildman–Crippen MR) is 69.0 cm³/mol. The predicted octanol–water partition coefficient (Wildman–Crippen LogP) is 0.110. The van der Waals surface area contributed by atoms with Crippen LogP contribution in [0.2, 0.25) is 0 Å². The fourth-order valence-electron chi connectivity index (χ4n) is 1.94. The minimum Gasteiger partial charge on any atom is -0.480 e. The lowest BCUT2D eigenvalue weighted by atomic mass is 10.2. The number of carboxylic acids is 1. The molecule has 0 bridgehead atoms. The Bertz CT molecular complexity index is 276. The van der Waals surface area contributed by atoms with Crippen molar-refractivity contribution >= 4 is 24.3 Å². The van der Waals surface area contributed by atoms with E-state index in [4.69, 9.17) is 9.84 Å². The summed E-state index contributed by atoms with van der Waals surface area (Å²) in [6, 6.07) is -0.507. The summed E-state index contributed by atoms with van der Waals surface area (Å²) in [6.45, 7) is 4.31. The quantitative estimate of drug-likeness (QED) is 0.647. The molecule has 1 rings (SSSR count). The Kier molecular flexibility index (Phi) is 8.70. The number of amides is 1. The van der Waals surface area contributed by atoms with E-state index in [0.29, 0.717) is 32.7 Å². The van der Waals surface area contributed by atoms with E-state index in [9.17, 15) is 9.59 Å². The maximum Gasteiger partial charge on any atom is 0.320 e. The number of carboxylic acid groups (broad SMARTS) is 1. The van der Waals surface area contributed by atoms with Crippen molar-refractivity contribution in [1.29, 1.82) is 0 Å². The molecule has 1 fully saturated rings. The molecule has 106 valence electrons. The number of carbonyl (C=O) groups excluding carboxylic acids is 1. The monoisotopic (exact) mass is 280 g/mol. The van der Waals surface area contributed by atoms with E-state index in [2.05, 4.69) is 5.32 Å². The fraction of sp³-hybridized carbons (Fsp3) is 0.818. The maximum absolute atomic E-state index is 11.5. The first kappa shape index (κ1) is 17.2. The van der Waals surface area contributed by atoms with Gasteiger partial charge < -0.3 is 15.2 Å². The van der Waals surface area contributed by atoms with Crippen molar-refractivity contribution in [2.45, 2.75) is 25.8 Å². The van der Waals surface area contributed by atoms with Crippen LogP contribution >= 0.6 is 12.4 Å². The molecular weight excluding hydrogens is 260 g/mol. The Labute approximate surface area is 113 Å². The summed E-state index contributed by atoms with van der Waals surface area (Å²) in [6.07, 6.45) is 1.46. The molecule has 1 unspecified atom stereocenters. The third kappa shape index (κ3) is 5.66. The second-order valence-corrected chi connectivity index (χ2v) is 4.01. The van der Waals surface area contributed by atoms with Crippen molar-refractivity contribution in [2.75, 3.05) is 32.8 Å². The van der Waals surface area contributed by atoms with Crippen LogP contribution < -0.4 is 5.32 Å². The molecule has 0 saturated carbocycles. The molecule has 0 spiro atoms. The van der Waals surface area contributed by atoms with Gasteiger partial charge in [-0.1, -0.05) is 0 Å². The topological polar surface area (TPSA) is 78.9 Å². The third-order valence-electron chi connectivity index (χ3n) is 2.77. The van der Waals surface area contributed by atoms with E-state index < -0.39 is 12.0 Å². The first-order valence-electron chi connectivity index (χ1n) is 5.96. The van der Waals surface area contributed by atoms with E-state index >= 15 is 0 Å². The van der Waals surface area contributed by atoms with Crippen molar-refractivity contribution in [3.63, 3.8) is 0 Å². The normalized spacial score (nSPS) is 19.3. The average molecular weight is 281 g/mol. The van der Waals surface area contributed by atoms with E-state index in [1.807, 2.05) is 6.92 Å². The lowest BCUT2D eigenvalue weighted by Gasteiger charge is -2.20. The van der Waals surface area contributed by atoms with Crippen LogP contribution in [0.25, 0.3) is 0 Å². The zero-order valence-electron chi connectivity index (χ0n) is 10.6. The Hall–Kier alpha value is -0.850. The Morgan fingerprint density at radius 3 is 2.83 bits per heavy atom. The first-order chi connectivity index (χ1) is 8.15. The smallest absolute Gasteiger partial charge is 0.320 e. The van der Waals surface area contributed by atoms with Gasteiger partial charge in [-0.15, -0.1) is 12.4 Å². The van der Waals surface area contributed by atoms with Crippen LogP contribution in [0.3, 0.4) is 0 Å². The van der Waals surface area contributed by atoms with Gasteiger partial charge in [0.1, 0.15) is 6.04 Å². The molecule has 1 aliphatic heterocycles. The summed E-state index contributed by atoms with van der Waals surface area (Å²) in [4.78, 5) is 24.1. The van der Waals surface area contributed by atoms with Crippen LogP contribution in [0, 0.1) is 0 Å². The van der Waals surface area contributed by atoms with Gasteiger partial charge in [-0.25, -0.2) is 0 Å². The Morgan fingerprint density at radius 1 is 1.50 bits per heavy atom. The molecule has 0 aromatic rings. The number of halogens is 1. The summed E-state index contributed by atoms with van der Waals surface area (Å²) < 4.78 is 5.09. The molecular formula is C11H21ClN2O4. The summed E-state index contributed by atoms with van der Waals surface area (Å²) in [5, 5.41) is 11.7. The number of rotatable bonds is 7. The van der Waals surface area contributed by atoms with Gasteiger partial charge in [0.25, 0.3) is 0 Å². The minimum absolute atomic E-state index is 0. The number of ether oxygens (including phenoxy) is 1. The van der Waals surface area contributed by atoms with Crippen LogP contribution in [0.15, 0.2) is 0 Å². The van der Waals surface area contributed by atoms with Gasteiger partial charge >= 0.3 is 5.97 Å². The van der Waals surface area contributed by atoms with E-state index in [1.165, 1.54) is 0 Å². The number of aliphatic carboxylic acids is 1. The molecule has 2 N–H and O–H groups in total. The summed E-state index contributed by atoms with van der Waals surface area (Å²) in [7, 11) is 0. The molecule has 7 heteroatoms.